The van der Waals surface area contributed by atoms with Crippen LogP contribution < -0.4 is 34.4 Å². The lowest BCUT2D eigenvalue weighted by molar-refractivity contribution is -0.140. The summed E-state index contributed by atoms with van der Waals surface area (Å²) in [5.74, 6) is 9.71. The van der Waals surface area contributed by atoms with Crippen molar-refractivity contribution in [3.63, 3.8) is 0 Å². The first kappa shape index (κ1) is 82.0. The second-order valence-corrected chi connectivity index (χ2v) is 30.2. The van der Waals surface area contributed by atoms with Crippen LogP contribution in [0.1, 0.15) is 161 Å². The third-order valence-corrected chi connectivity index (χ3v) is 22.3. The van der Waals surface area contributed by atoms with Gasteiger partial charge in [0.1, 0.15) is 68.7 Å². The van der Waals surface area contributed by atoms with Crippen molar-refractivity contribution in [2.75, 3.05) is 56.5 Å². The highest BCUT2D eigenvalue weighted by atomic mass is 19.4. The Morgan fingerprint density at radius 1 is 0.462 bits per heavy atom. The van der Waals surface area contributed by atoms with Crippen molar-refractivity contribution in [2.45, 2.75) is 135 Å². The molecule has 27 nitrogen and oxygen atoms in total. The molecule has 9 aromatic rings. The highest BCUT2D eigenvalue weighted by molar-refractivity contribution is 6.05. The predicted octanol–water partition coefficient (Wildman–Crippen LogP) is 9.63. The molecule has 0 bridgehead atoms. The fourth-order valence-corrected chi connectivity index (χ4v) is 16.7. The second kappa shape index (κ2) is 31.3. The lowest BCUT2D eigenvalue weighted by atomic mass is 9.65. The number of likely N-dealkylation sites (tertiary alicyclic amines) is 3. The molecule has 0 unspecified atom stereocenters. The number of rotatable bonds is 15. The van der Waals surface area contributed by atoms with Crippen molar-refractivity contribution < 1.29 is 81.5 Å². The fraction of sp³-hybridized carbons (Fsp3) is 0.385. The molecule has 3 aliphatic carbocycles. The van der Waals surface area contributed by atoms with Crippen molar-refractivity contribution in [1.82, 2.24) is 73.4 Å². The van der Waals surface area contributed by atoms with E-state index in [4.69, 9.17) is 34.4 Å². The van der Waals surface area contributed by atoms with Crippen molar-refractivity contribution in [3.05, 3.63) is 159 Å². The maximum atomic E-state index is 14.5. The highest BCUT2D eigenvalue weighted by Crippen LogP contribution is 2.58. The summed E-state index contributed by atoms with van der Waals surface area (Å²) in [6.45, 7) is 7.79. The van der Waals surface area contributed by atoms with Crippen LogP contribution in [-0.4, -0.2) is 148 Å². The standard InChI is InChI=1S/3C26H25F4N7O2/c1-2-4-19(38)35-8-7-25(14-35)9-17(10-25)37-23(31)20(24(32)39)22(34-37)16-11-33-36(13-16)12-15-5-3-6-18(21(15)27)26(28,29)30;1-2-3-20(38)35-5-4-25(14-35)9-19(10-25)37-23(31)21(24(32)39)22(34-37)16-11-33-36(13-16)12-15-6-17(26(28,29)30)8-18(27)7-15;1-2-3-20(38)35-7-6-25(14-35)9-18(10-25)37-23(31)21(24(32)39)22(34-37)16-11-33-36(13-16)12-15-8-17(26(28,29)30)4-5-19(15)27/h3,5-6,11,13,17H,7-10,12,14,31H2,1H3,(H2,32,39);6-8,11,13,19H,4-5,9-10,12,14,31H2,1H3,(H2,32,39);4-5,8,11,13,18H,6-7,9-10,12,14,31H2,1H3,(H2,32,39). The van der Waals surface area contributed by atoms with Gasteiger partial charge in [0, 0.05) is 85.7 Å². The molecule has 3 aromatic carbocycles. The second-order valence-electron chi connectivity index (χ2n) is 30.2. The predicted molar refractivity (Wildman–Crippen MR) is 397 cm³/mol. The number of nitrogens with two attached hydrogens (primary N) is 6. The van der Waals surface area contributed by atoms with Gasteiger partial charge in [0.25, 0.3) is 35.4 Å². The van der Waals surface area contributed by atoms with Gasteiger partial charge in [-0.3, -0.25) is 42.8 Å². The topological polar surface area (TPSA) is 375 Å². The van der Waals surface area contributed by atoms with Crippen molar-refractivity contribution in [2.24, 2.45) is 33.4 Å². The summed E-state index contributed by atoms with van der Waals surface area (Å²) in [6.07, 6.45) is 1.06. The quantitative estimate of drug-likeness (QED) is 0.0411. The summed E-state index contributed by atoms with van der Waals surface area (Å²) in [5.41, 5.74) is 33.4. The molecule has 3 saturated carbocycles. The number of carbonyl (C=O) groups is 6. The van der Waals surface area contributed by atoms with Crippen LogP contribution in [0.2, 0.25) is 0 Å². The summed E-state index contributed by atoms with van der Waals surface area (Å²) in [7, 11) is 0. The molecule has 6 fully saturated rings. The Bertz CT molecular complexity index is 5490. The highest BCUT2D eigenvalue weighted by Gasteiger charge is 2.54. The molecule has 117 heavy (non-hydrogen) atoms. The number of hydrogen-bond acceptors (Lipinski definition) is 15. The van der Waals surface area contributed by atoms with Crippen LogP contribution in [0.4, 0.5) is 70.1 Å². The zero-order valence-corrected chi connectivity index (χ0v) is 62.8. The maximum Gasteiger partial charge on any atom is 0.419 e. The van der Waals surface area contributed by atoms with Crippen molar-refractivity contribution in [3.8, 4) is 69.3 Å². The first-order chi connectivity index (χ1) is 55.2. The van der Waals surface area contributed by atoms with Gasteiger partial charge in [-0.2, -0.15) is 70.1 Å². The number of alkyl halides is 9. The van der Waals surface area contributed by atoms with Gasteiger partial charge >= 0.3 is 18.5 Å². The van der Waals surface area contributed by atoms with E-state index in [-0.39, 0.29) is 140 Å². The summed E-state index contributed by atoms with van der Waals surface area (Å²) in [4.78, 5) is 78.6. The zero-order valence-electron chi connectivity index (χ0n) is 62.8. The normalized spacial score (nSPS) is 20.5. The molecule has 3 spiro atoms. The number of halogens is 12. The summed E-state index contributed by atoms with van der Waals surface area (Å²) >= 11 is 0. The van der Waals surface area contributed by atoms with E-state index in [1.165, 1.54) is 57.3 Å². The molecule has 9 heterocycles. The van der Waals surface area contributed by atoms with Gasteiger partial charge in [-0.25, -0.2) is 27.2 Å². The summed E-state index contributed by atoms with van der Waals surface area (Å²) in [6, 6.07) is 7.16. The third kappa shape index (κ3) is 16.7. The summed E-state index contributed by atoms with van der Waals surface area (Å²) < 4.78 is 169. The van der Waals surface area contributed by atoms with E-state index in [1.54, 1.807) is 49.5 Å². The van der Waals surface area contributed by atoms with Crippen LogP contribution in [0.25, 0.3) is 33.8 Å². The molecule has 3 aliphatic heterocycles. The minimum Gasteiger partial charge on any atom is -0.383 e. The van der Waals surface area contributed by atoms with E-state index in [0.717, 1.165) is 49.6 Å². The van der Waals surface area contributed by atoms with E-state index >= 15 is 0 Å². The zero-order chi connectivity index (χ0) is 84.3. The first-order valence-corrected chi connectivity index (χ1v) is 36.6. The van der Waals surface area contributed by atoms with E-state index in [2.05, 4.69) is 66.1 Å². The molecular formula is C78H75F12N21O6. The van der Waals surface area contributed by atoms with Gasteiger partial charge in [-0.05, 0) is 161 Å². The number of carbonyl (C=O) groups excluding carboxylic acids is 6. The number of nitrogens with zero attached hydrogens (tertiary/aromatic N) is 15. The maximum absolute atomic E-state index is 14.5. The Balaban J connectivity index is 0.000000152. The van der Waals surface area contributed by atoms with Gasteiger partial charge in [0.05, 0.1) is 73.0 Å². The van der Waals surface area contributed by atoms with Crippen LogP contribution in [-0.2, 0) is 52.5 Å². The van der Waals surface area contributed by atoms with Gasteiger partial charge in [0.15, 0.2) is 0 Å². The molecule has 6 aliphatic rings. The minimum atomic E-state index is -4.83. The Kier molecular flexibility index (Phi) is 21.9. The summed E-state index contributed by atoms with van der Waals surface area (Å²) in [5, 5.41) is 26.1. The molecular weight excluding hydrogens is 1550 g/mol. The third-order valence-electron chi connectivity index (χ3n) is 22.3. The average Bonchev–Trinajstić information content (AvgIpc) is 1.60. The molecule has 15 rings (SSSR count). The van der Waals surface area contributed by atoms with E-state index in [9.17, 15) is 81.5 Å². The number of hydrogen-bond donors (Lipinski definition) is 6. The molecule has 0 atom stereocenters. The lowest BCUT2D eigenvalue weighted by Gasteiger charge is -2.45. The molecule has 39 heteroatoms. The average molecular weight is 1630 g/mol. The van der Waals surface area contributed by atoms with Crippen molar-refractivity contribution in [1.29, 1.82) is 0 Å². The van der Waals surface area contributed by atoms with E-state index < -0.39 is 70.4 Å². The van der Waals surface area contributed by atoms with Crippen molar-refractivity contribution >= 4 is 52.9 Å². The first-order valence-electron chi connectivity index (χ1n) is 36.6. The number of anilines is 3. The van der Waals surface area contributed by atoms with Gasteiger partial charge < -0.3 is 49.1 Å². The van der Waals surface area contributed by atoms with Crippen LogP contribution in [0.5, 0.6) is 0 Å². The monoisotopic (exact) mass is 1630 g/mol. The van der Waals surface area contributed by atoms with Crippen LogP contribution in [0.3, 0.4) is 0 Å². The Morgan fingerprint density at radius 2 is 0.829 bits per heavy atom. The molecule has 12 N–H and O–H groups in total. The molecule has 3 saturated heterocycles. The number of nitrogen functional groups attached to an aromatic ring is 3. The Hall–Kier alpha value is -13.0. The number of aromatic nitrogens is 12. The fourth-order valence-electron chi connectivity index (χ4n) is 16.7. The lowest BCUT2D eigenvalue weighted by Crippen LogP contribution is -2.42. The van der Waals surface area contributed by atoms with Crippen LogP contribution >= 0.6 is 0 Å². The molecule has 6 amide bonds. The molecule has 0 radical (unpaired) electrons. The molecule has 612 valence electrons. The Labute approximate surface area is 658 Å². The number of primary amides is 3. The van der Waals surface area contributed by atoms with Gasteiger partial charge in [-0.15, -0.1) is 0 Å². The SMILES string of the molecule is CC#CC(=O)N1CCC2(CC(n3nc(-c4cnn(Cc5cc(C(F)(F)F)ccc5F)c4)c(C(N)=O)c3N)C2)C1.CC#CC(=O)N1CCC2(CC(n3nc(-c4cnn(Cc5cc(F)cc(C(F)(F)F)c5)c4)c(C(N)=O)c3N)C2)C1.CC#CC(=O)N1CCC2(CC(n3nc(-c4cnn(Cc5cccc(C(F)(F)F)c5F)c4)c(C(N)=O)c3N)C2)C1. The Morgan fingerprint density at radius 3 is 1.18 bits per heavy atom. The van der Waals surface area contributed by atoms with E-state index in [0.29, 0.717) is 113 Å². The van der Waals surface area contributed by atoms with Crippen LogP contribution in [0.15, 0.2) is 91.8 Å². The van der Waals surface area contributed by atoms with Gasteiger partial charge in [-0.1, -0.05) is 29.9 Å². The smallest absolute Gasteiger partial charge is 0.383 e. The van der Waals surface area contributed by atoms with Gasteiger partial charge in [0.2, 0.25) is 0 Å². The molecule has 6 aromatic heterocycles. The van der Waals surface area contributed by atoms with E-state index in [1.807, 2.05) is 0 Å². The number of amides is 6. The van der Waals surface area contributed by atoms with Crippen LogP contribution in [0, 0.1) is 69.2 Å². The largest absolute Gasteiger partial charge is 0.419 e. The number of benzene rings is 3. The minimum absolute atomic E-state index is 0.00203.